The zero-order valence-corrected chi connectivity index (χ0v) is 17.4. The van der Waals surface area contributed by atoms with Crippen molar-refractivity contribution in [1.82, 2.24) is 0 Å². The number of amides is 1. The van der Waals surface area contributed by atoms with Crippen LogP contribution in [0.4, 0.5) is 11.4 Å². The average Bonchev–Trinajstić information content (AvgIpc) is 2.57. The van der Waals surface area contributed by atoms with Crippen LogP contribution in [0, 0.1) is 13.8 Å². The van der Waals surface area contributed by atoms with E-state index >= 15 is 0 Å². The summed E-state index contributed by atoms with van der Waals surface area (Å²) >= 11 is 0. The Bertz CT molecular complexity index is 904. The summed E-state index contributed by atoms with van der Waals surface area (Å²) in [5.74, 6) is 0.153. The molecule has 0 bridgehead atoms. The lowest BCUT2D eigenvalue weighted by molar-refractivity contribution is -0.116. The molecule has 0 saturated heterocycles. The highest BCUT2D eigenvalue weighted by molar-refractivity contribution is 7.92. The van der Waals surface area contributed by atoms with Gasteiger partial charge in [-0.15, -0.1) is 0 Å². The highest BCUT2D eigenvalue weighted by Crippen LogP contribution is 2.22. The fraction of sp³-hybridized carbons (Fsp3) is 0.381. The van der Waals surface area contributed by atoms with Gasteiger partial charge in [0.25, 0.3) is 0 Å². The van der Waals surface area contributed by atoms with Gasteiger partial charge in [0.05, 0.1) is 11.9 Å². The summed E-state index contributed by atoms with van der Waals surface area (Å²) in [6.07, 6.45) is 1.23. The van der Waals surface area contributed by atoms with E-state index in [2.05, 4.69) is 19.2 Å². The minimum atomic E-state index is -3.48. The largest absolute Gasteiger partial charge is 0.326 e. The second kappa shape index (κ2) is 8.57. The summed E-state index contributed by atoms with van der Waals surface area (Å²) in [5, 5.41) is 2.83. The molecule has 0 aliphatic heterocycles. The van der Waals surface area contributed by atoms with Crippen molar-refractivity contribution in [2.24, 2.45) is 0 Å². The van der Waals surface area contributed by atoms with Crippen molar-refractivity contribution >= 4 is 27.3 Å². The fourth-order valence-corrected chi connectivity index (χ4v) is 3.69. The van der Waals surface area contributed by atoms with E-state index < -0.39 is 10.0 Å². The van der Waals surface area contributed by atoms with E-state index in [9.17, 15) is 13.2 Å². The number of aryl methyl sites for hydroxylation is 2. The van der Waals surface area contributed by atoms with Crippen molar-refractivity contribution in [2.45, 2.75) is 40.0 Å². The normalized spacial score (nSPS) is 11.5. The predicted molar refractivity (Wildman–Crippen MR) is 112 cm³/mol. The third kappa shape index (κ3) is 5.82. The summed E-state index contributed by atoms with van der Waals surface area (Å²) in [5.41, 5.74) is 4.67. The SMILES string of the molecule is Cc1ccc(NC(=O)CCN(c2ccc(C(C)C)cc2)S(C)(=O)=O)cc1C. The van der Waals surface area contributed by atoms with Crippen molar-refractivity contribution in [3.8, 4) is 0 Å². The lowest BCUT2D eigenvalue weighted by Crippen LogP contribution is -2.33. The second-order valence-corrected chi connectivity index (χ2v) is 9.09. The van der Waals surface area contributed by atoms with Gasteiger partial charge in [0.15, 0.2) is 0 Å². The van der Waals surface area contributed by atoms with E-state index in [1.165, 1.54) is 4.31 Å². The zero-order valence-electron chi connectivity index (χ0n) is 16.6. The monoisotopic (exact) mass is 388 g/mol. The standard InChI is InChI=1S/C21H28N2O3S/c1-15(2)18-7-10-20(11-8-18)23(27(5,25)26)13-12-21(24)22-19-9-6-16(3)17(4)14-19/h6-11,14-15H,12-13H2,1-5H3,(H,22,24). The molecule has 27 heavy (non-hydrogen) atoms. The number of sulfonamides is 1. The number of rotatable bonds is 7. The molecule has 5 nitrogen and oxygen atoms in total. The Morgan fingerprint density at radius 1 is 1.04 bits per heavy atom. The molecule has 0 heterocycles. The Hall–Kier alpha value is -2.34. The van der Waals surface area contributed by atoms with Crippen molar-refractivity contribution in [3.63, 3.8) is 0 Å². The van der Waals surface area contributed by atoms with Gasteiger partial charge < -0.3 is 5.32 Å². The topological polar surface area (TPSA) is 66.5 Å². The van der Waals surface area contributed by atoms with Crippen LogP contribution in [0.3, 0.4) is 0 Å². The van der Waals surface area contributed by atoms with E-state index in [0.29, 0.717) is 11.6 Å². The number of nitrogens with one attached hydrogen (secondary N) is 1. The van der Waals surface area contributed by atoms with Gasteiger partial charge in [-0.3, -0.25) is 9.10 Å². The molecule has 2 aromatic rings. The number of anilines is 2. The molecule has 1 N–H and O–H groups in total. The van der Waals surface area contributed by atoms with Gasteiger partial charge in [-0.2, -0.15) is 0 Å². The Morgan fingerprint density at radius 2 is 1.67 bits per heavy atom. The summed E-state index contributed by atoms with van der Waals surface area (Å²) in [7, 11) is -3.48. The van der Waals surface area contributed by atoms with Crippen molar-refractivity contribution in [2.75, 3.05) is 22.4 Å². The molecule has 0 aliphatic carbocycles. The number of hydrogen-bond acceptors (Lipinski definition) is 3. The van der Waals surface area contributed by atoms with Crippen LogP contribution in [0.1, 0.15) is 42.9 Å². The van der Waals surface area contributed by atoms with Crippen LogP contribution in [0.15, 0.2) is 42.5 Å². The number of carbonyl (C=O) groups is 1. The van der Waals surface area contributed by atoms with Gasteiger partial charge in [0.2, 0.25) is 15.9 Å². The van der Waals surface area contributed by atoms with Crippen LogP contribution in [-0.2, 0) is 14.8 Å². The Morgan fingerprint density at radius 3 is 2.19 bits per heavy atom. The Balaban J connectivity index is 2.08. The quantitative estimate of drug-likeness (QED) is 0.772. The molecule has 146 valence electrons. The first-order chi connectivity index (χ1) is 12.6. The highest BCUT2D eigenvalue weighted by Gasteiger charge is 2.19. The summed E-state index contributed by atoms with van der Waals surface area (Å²) in [6.45, 7) is 8.25. The molecular formula is C21H28N2O3S. The van der Waals surface area contributed by atoms with Crippen LogP contribution in [0.2, 0.25) is 0 Å². The molecule has 0 radical (unpaired) electrons. The maximum Gasteiger partial charge on any atom is 0.232 e. The molecule has 0 aromatic heterocycles. The number of nitrogens with zero attached hydrogens (tertiary/aromatic N) is 1. The molecule has 6 heteroatoms. The molecule has 2 rings (SSSR count). The summed E-state index contributed by atoms with van der Waals surface area (Å²) in [4.78, 5) is 12.3. The van der Waals surface area contributed by atoms with E-state index in [4.69, 9.17) is 0 Å². The van der Waals surface area contributed by atoms with Gasteiger partial charge in [-0.1, -0.05) is 32.0 Å². The molecule has 0 spiro atoms. The van der Waals surface area contributed by atoms with Crippen LogP contribution in [0.25, 0.3) is 0 Å². The zero-order chi connectivity index (χ0) is 20.2. The van der Waals surface area contributed by atoms with Crippen molar-refractivity contribution in [1.29, 1.82) is 0 Å². The van der Waals surface area contributed by atoms with Gasteiger partial charge in [-0.25, -0.2) is 8.42 Å². The summed E-state index contributed by atoms with van der Waals surface area (Å²) in [6, 6.07) is 13.1. The molecule has 0 atom stereocenters. The fourth-order valence-electron chi connectivity index (χ4n) is 2.76. The molecule has 0 saturated carbocycles. The lowest BCUT2D eigenvalue weighted by Gasteiger charge is -2.22. The van der Waals surface area contributed by atoms with Crippen molar-refractivity contribution in [3.05, 3.63) is 59.2 Å². The molecule has 0 aliphatic rings. The van der Waals surface area contributed by atoms with E-state index in [1.54, 1.807) is 12.1 Å². The number of hydrogen-bond donors (Lipinski definition) is 1. The third-order valence-corrected chi connectivity index (χ3v) is 5.77. The number of benzene rings is 2. The van der Waals surface area contributed by atoms with Crippen LogP contribution in [-0.4, -0.2) is 27.1 Å². The molecule has 1 amide bonds. The maximum atomic E-state index is 12.3. The third-order valence-electron chi connectivity index (χ3n) is 4.58. The average molecular weight is 389 g/mol. The Labute approximate surface area is 162 Å². The van der Waals surface area contributed by atoms with Gasteiger partial charge in [0, 0.05) is 18.7 Å². The molecule has 0 unspecified atom stereocenters. The molecular weight excluding hydrogens is 360 g/mol. The maximum absolute atomic E-state index is 12.3. The van der Waals surface area contributed by atoms with E-state index in [0.717, 1.165) is 28.6 Å². The van der Waals surface area contributed by atoms with Crippen LogP contribution >= 0.6 is 0 Å². The minimum absolute atomic E-state index is 0.0753. The molecule has 0 fully saturated rings. The van der Waals surface area contributed by atoms with Crippen LogP contribution in [0.5, 0.6) is 0 Å². The second-order valence-electron chi connectivity index (χ2n) is 7.18. The summed E-state index contributed by atoms with van der Waals surface area (Å²) < 4.78 is 25.7. The first-order valence-electron chi connectivity index (χ1n) is 9.02. The lowest BCUT2D eigenvalue weighted by atomic mass is 10.0. The highest BCUT2D eigenvalue weighted by atomic mass is 32.2. The van der Waals surface area contributed by atoms with Crippen molar-refractivity contribution < 1.29 is 13.2 Å². The van der Waals surface area contributed by atoms with E-state index in [-0.39, 0.29) is 18.9 Å². The Kier molecular flexibility index (Phi) is 6.65. The first-order valence-corrected chi connectivity index (χ1v) is 10.9. The van der Waals surface area contributed by atoms with Gasteiger partial charge in [-0.05, 0) is 60.7 Å². The van der Waals surface area contributed by atoms with Gasteiger partial charge in [0.1, 0.15) is 0 Å². The number of carbonyl (C=O) groups excluding carboxylic acids is 1. The smallest absolute Gasteiger partial charge is 0.232 e. The first kappa shape index (κ1) is 21.0. The van der Waals surface area contributed by atoms with Gasteiger partial charge >= 0.3 is 0 Å². The minimum Gasteiger partial charge on any atom is -0.326 e. The van der Waals surface area contributed by atoms with E-state index in [1.807, 2.05) is 44.2 Å². The predicted octanol–water partition coefficient (Wildman–Crippen LogP) is 4.22. The van der Waals surface area contributed by atoms with Crippen LogP contribution < -0.4 is 9.62 Å². The molecule has 2 aromatic carbocycles.